The van der Waals surface area contributed by atoms with Crippen LogP contribution in [0, 0.1) is 0 Å². The molecule has 1 saturated heterocycles. The molecule has 1 aliphatic rings. The van der Waals surface area contributed by atoms with Gasteiger partial charge in [0.1, 0.15) is 0 Å². The highest BCUT2D eigenvalue weighted by Crippen LogP contribution is 2.16. The van der Waals surface area contributed by atoms with Gasteiger partial charge in [0.05, 0.1) is 13.2 Å². The maximum atomic E-state index is 5.35. The largest absolute Gasteiger partial charge is 0.378 e. The maximum absolute atomic E-state index is 5.35. The first-order chi connectivity index (χ1) is 7.90. The van der Waals surface area contributed by atoms with E-state index in [1.807, 2.05) is 0 Å². The third-order valence-corrected chi connectivity index (χ3v) is 2.90. The van der Waals surface area contributed by atoms with Crippen molar-refractivity contribution in [3.63, 3.8) is 0 Å². The Morgan fingerprint density at radius 1 is 1.19 bits per heavy atom. The Labute approximate surface area is 97.5 Å². The molecule has 0 radical (unpaired) electrons. The topological polar surface area (TPSA) is 12.5 Å². The van der Waals surface area contributed by atoms with E-state index >= 15 is 0 Å². The summed E-state index contributed by atoms with van der Waals surface area (Å²) in [4.78, 5) is 2.38. The van der Waals surface area contributed by atoms with E-state index in [1.54, 1.807) is 0 Å². The third-order valence-electron chi connectivity index (χ3n) is 2.90. The van der Waals surface area contributed by atoms with Crippen LogP contribution in [0.4, 0.5) is 5.69 Å². The molecule has 1 heterocycles. The second kappa shape index (κ2) is 5.71. The Bertz CT molecular complexity index is 336. The zero-order chi connectivity index (χ0) is 11.2. The minimum Gasteiger partial charge on any atom is -0.378 e. The van der Waals surface area contributed by atoms with Gasteiger partial charge in [-0.2, -0.15) is 0 Å². The fourth-order valence-corrected chi connectivity index (χ4v) is 1.92. The first kappa shape index (κ1) is 11.2. The van der Waals surface area contributed by atoms with Gasteiger partial charge in [-0.1, -0.05) is 24.3 Å². The van der Waals surface area contributed by atoms with Gasteiger partial charge in [-0.05, 0) is 31.0 Å². The Morgan fingerprint density at radius 2 is 1.88 bits per heavy atom. The molecular formula is C14H19NO. The van der Waals surface area contributed by atoms with Gasteiger partial charge in [0.25, 0.3) is 0 Å². The first-order valence-electron chi connectivity index (χ1n) is 5.93. The molecule has 0 spiro atoms. The molecule has 0 N–H and O–H groups in total. The first-order valence-corrected chi connectivity index (χ1v) is 5.93. The van der Waals surface area contributed by atoms with Crippen LogP contribution in [0.5, 0.6) is 0 Å². The van der Waals surface area contributed by atoms with E-state index in [2.05, 4.69) is 48.2 Å². The molecule has 0 atom stereocenters. The highest BCUT2D eigenvalue weighted by Gasteiger charge is 2.10. The van der Waals surface area contributed by atoms with E-state index in [0.29, 0.717) is 0 Å². The smallest absolute Gasteiger partial charge is 0.0642 e. The van der Waals surface area contributed by atoms with E-state index in [0.717, 1.165) is 32.7 Å². The van der Waals surface area contributed by atoms with Crippen LogP contribution < -0.4 is 4.90 Å². The molecule has 0 aromatic heterocycles. The molecule has 16 heavy (non-hydrogen) atoms. The number of anilines is 1. The maximum Gasteiger partial charge on any atom is 0.0642 e. The Kier molecular flexibility index (Phi) is 4.00. The summed E-state index contributed by atoms with van der Waals surface area (Å²) in [5, 5.41) is 0. The van der Waals surface area contributed by atoms with Gasteiger partial charge in [-0.25, -0.2) is 0 Å². The molecule has 0 saturated carbocycles. The van der Waals surface area contributed by atoms with Gasteiger partial charge in [0.15, 0.2) is 0 Å². The number of benzene rings is 1. The second-order valence-electron chi connectivity index (χ2n) is 4.04. The number of allylic oxidation sites excluding steroid dienone is 2. The van der Waals surface area contributed by atoms with E-state index in [-0.39, 0.29) is 0 Å². The van der Waals surface area contributed by atoms with Gasteiger partial charge in [0, 0.05) is 18.8 Å². The predicted molar refractivity (Wildman–Crippen MR) is 68.0 cm³/mol. The summed E-state index contributed by atoms with van der Waals surface area (Å²) in [5.41, 5.74) is 2.68. The van der Waals surface area contributed by atoms with Gasteiger partial charge < -0.3 is 9.64 Å². The average Bonchev–Trinajstić information content (AvgIpc) is 2.38. The van der Waals surface area contributed by atoms with Gasteiger partial charge >= 0.3 is 0 Å². The minimum absolute atomic E-state index is 0.848. The van der Waals surface area contributed by atoms with Crippen molar-refractivity contribution in [1.29, 1.82) is 0 Å². The number of hydrogen-bond acceptors (Lipinski definition) is 2. The predicted octanol–water partition coefficient (Wildman–Crippen LogP) is 2.64. The lowest BCUT2D eigenvalue weighted by Gasteiger charge is -2.28. The summed E-state index contributed by atoms with van der Waals surface area (Å²) in [5.74, 6) is 0. The lowest BCUT2D eigenvalue weighted by atomic mass is 10.1. The normalized spacial score (nSPS) is 16.9. The quantitative estimate of drug-likeness (QED) is 0.722. The fraction of sp³-hybridized carbons (Fsp3) is 0.429. The van der Waals surface area contributed by atoms with E-state index in [1.165, 1.54) is 11.3 Å². The zero-order valence-electron chi connectivity index (χ0n) is 9.86. The molecule has 0 bridgehead atoms. The van der Waals surface area contributed by atoms with Crippen molar-refractivity contribution < 1.29 is 4.74 Å². The molecule has 86 valence electrons. The molecule has 0 unspecified atom stereocenters. The van der Waals surface area contributed by atoms with Gasteiger partial charge in [0.2, 0.25) is 0 Å². The lowest BCUT2D eigenvalue weighted by molar-refractivity contribution is 0.122. The van der Waals surface area contributed by atoms with Crippen LogP contribution in [0.25, 0.3) is 0 Å². The van der Waals surface area contributed by atoms with Crippen molar-refractivity contribution >= 4 is 5.69 Å². The van der Waals surface area contributed by atoms with Crippen LogP contribution in [0.15, 0.2) is 36.4 Å². The van der Waals surface area contributed by atoms with Crippen LogP contribution in [0.1, 0.15) is 12.5 Å². The summed E-state index contributed by atoms with van der Waals surface area (Å²) in [6, 6.07) is 8.85. The number of hydrogen-bond donors (Lipinski definition) is 0. The molecule has 1 fully saturated rings. The number of morpholine rings is 1. The minimum atomic E-state index is 0.848. The van der Waals surface area contributed by atoms with Crippen molar-refractivity contribution in [2.24, 2.45) is 0 Å². The fourth-order valence-electron chi connectivity index (χ4n) is 1.92. The second-order valence-corrected chi connectivity index (χ2v) is 4.04. The zero-order valence-corrected chi connectivity index (χ0v) is 9.86. The van der Waals surface area contributed by atoms with Crippen molar-refractivity contribution in [3.05, 3.63) is 42.0 Å². The molecule has 1 aromatic carbocycles. The Balaban J connectivity index is 2.00. The lowest BCUT2D eigenvalue weighted by Crippen LogP contribution is -2.36. The van der Waals surface area contributed by atoms with E-state index < -0.39 is 0 Å². The van der Waals surface area contributed by atoms with E-state index in [9.17, 15) is 0 Å². The van der Waals surface area contributed by atoms with Crippen LogP contribution in [-0.4, -0.2) is 26.3 Å². The molecule has 2 rings (SSSR count). The molecule has 1 aliphatic heterocycles. The summed E-state index contributed by atoms with van der Waals surface area (Å²) in [7, 11) is 0. The standard InChI is InChI=1S/C14H19NO/c1-2-3-4-13-5-7-14(8-6-13)15-9-11-16-12-10-15/h2-3,5-8H,4,9-12H2,1H3. The molecule has 0 amide bonds. The highest BCUT2D eigenvalue weighted by atomic mass is 16.5. The summed E-state index contributed by atoms with van der Waals surface area (Å²) >= 11 is 0. The summed E-state index contributed by atoms with van der Waals surface area (Å²) in [6.45, 7) is 5.77. The summed E-state index contributed by atoms with van der Waals surface area (Å²) in [6.07, 6.45) is 5.31. The number of rotatable bonds is 3. The monoisotopic (exact) mass is 217 g/mol. The molecule has 2 heteroatoms. The van der Waals surface area contributed by atoms with Crippen molar-refractivity contribution in [2.75, 3.05) is 31.2 Å². The van der Waals surface area contributed by atoms with Crippen molar-refractivity contribution in [3.8, 4) is 0 Å². The van der Waals surface area contributed by atoms with Crippen LogP contribution >= 0.6 is 0 Å². The Morgan fingerprint density at radius 3 is 2.50 bits per heavy atom. The van der Waals surface area contributed by atoms with Crippen LogP contribution in [0.3, 0.4) is 0 Å². The number of ether oxygens (including phenoxy) is 1. The van der Waals surface area contributed by atoms with Crippen LogP contribution in [-0.2, 0) is 11.2 Å². The van der Waals surface area contributed by atoms with Gasteiger partial charge in [-0.3, -0.25) is 0 Å². The van der Waals surface area contributed by atoms with E-state index in [4.69, 9.17) is 4.74 Å². The van der Waals surface area contributed by atoms with Gasteiger partial charge in [-0.15, -0.1) is 0 Å². The molecule has 1 aromatic rings. The van der Waals surface area contributed by atoms with Crippen molar-refractivity contribution in [1.82, 2.24) is 0 Å². The molecular weight excluding hydrogens is 198 g/mol. The molecule has 0 aliphatic carbocycles. The SMILES string of the molecule is CC=CCc1ccc(N2CCOCC2)cc1. The average molecular weight is 217 g/mol. The highest BCUT2D eigenvalue weighted by molar-refractivity contribution is 5.48. The number of nitrogens with zero attached hydrogens (tertiary/aromatic N) is 1. The Hall–Kier alpha value is -1.28. The van der Waals surface area contributed by atoms with Crippen LogP contribution in [0.2, 0.25) is 0 Å². The van der Waals surface area contributed by atoms with Crippen molar-refractivity contribution in [2.45, 2.75) is 13.3 Å². The third kappa shape index (κ3) is 2.86. The molecule has 2 nitrogen and oxygen atoms in total. The summed E-state index contributed by atoms with van der Waals surface area (Å²) < 4.78 is 5.35.